The number of hydrogen-bond acceptors (Lipinski definition) is 7. The number of nitrogens with one attached hydrogen (secondary N) is 1. The molecule has 3 aromatic rings. The summed E-state index contributed by atoms with van der Waals surface area (Å²) in [4.78, 5) is 19.3. The van der Waals surface area contributed by atoms with Crippen LogP contribution in [-0.4, -0.2) is 60.0 Å². The molecule has 0 radical (unpaired) electrons. The van der Waals surface area contributed by atoms with E-state index in [0.29, 0.717) is 59.0 Å². The lowest BCUT2D eigenvalue weighted by Crippen LogP contribution is -2.59. The minimum absolute atomic E-state index is 0.105. The van der Waals surface area contributed by atoms with Gasteiger partial charge in [-0.3, -0.25) is 20.2 Å². The van der Waals surface area contributed by atoms with Crippen LogP contribution in [-0.2, 0) is 16.2 Å². The Hall–Kier alpha value is -3.83. The van der Waals surface area contributed by atoms with Crippen molar-refractivity contribution in [3.63, 3.8) is 0 Å². The summed E-state index contributed by atoms with van der Waals surface area (Å²) in [5.74, 6) is 4.88. The number of nitrogens with zero attached hydrogens (tertiary/aromatic N) is 3. The first-order chi connectivity index (χ1) is 18.5. The highest BCUT2D eigenvalue weighted by Gasteiger charge is 2.56. The molecule has 39 heavy (non-hydrogen) atoms. The van der Waals surface area contributed by atoms with E-state index in [4.69, 9.17) is 21.7 Å². The van der Waals surface area contributed by atoms with Gasteiger partial charge in [0.1, 0.15) is 22.9 Å². The third-order valence-electron chi connectivity index (χ3n) is 6.10. The highest BCUT2D eigenvalue weighted by Crippen LogP contribution is 2.44. The van der Waals surface area contributed by atoms with E-state index in [1.54, 1.807) is 17.0 Å². The van der Waals surface area contributed by atoms with E-state index in [2.05, 4.69) is 16.8 Å². The Bertz CT molecular complexity index is 1420. The normalized spacial score (nSPS) is 15.2. The van der Waals surface area contributed by atoms with E-state index in [-0.39, 0.29) is 5.91 Å². The van der Waals surface area contributed by atoms with Crippen molar-refractivity contribution in [1.29, 1.82) is 5.41 Å². The molecule has 204 valence electrons. The second-order valence-corrected chi connectivity index (χ2v) is 9.81. The van der Waals surface area contributed by atoms with Crippen molar-refractivity contribution >= 4 is 23.6 Å². The summed E-state index contributed by atoms with van der Waals surface area (Å²) in [6, 6.07) is 7.74. The van der Waals surface area contributed by atoms with Gasteiger partial charge in [-0.25, -0.2) is 14.6 Å². The fourth-order valence-corrected chi connectivity index (χ4v) is 4.82. The Morgan fingerprint density at radius 1 is 1.18 bits per heavy atom. The van der Waals surface area contributed by atoms with Gasteiger partial charge in [0.05, 0.1) is 35.9 Å². The van der Waals surface area contributed by atoms with Crippen molar-refractivity contribution in [3.8, 4) is 11.8 Å². The Morgan fingerprint density at radius 2 is 1.92 bits per heavy atom. The van der Waals surface area contributed by atoms with Crippen LogP contribution in [0, 0.1) is 28.9 Å². The molecule has 0 spiro atoms. The number of aromatic nitrogens is 1. The molecule has 3 heterocycles. The summed E-state index contributed by atoms with van der Waals surface area (Å²) in [7, 11) is 0. The van der Waals surface area contributed by atoms with Crippen LogP contribution in [0.15, 0.2) is 48.7 Å². The molecule has 1 atom stereocenters. The van der Waals surface area contributed by atoms with Gasteiger partial charge in [-0.05, 0) is 30.3 Å². The van der Waals surface area contributed by atoms with Gasteiger partial charge in [0.15, 0.2) is 0 Å². The van der Waals surface area contributed by atoms with E-state index in [0.717, 1.165) is 24.4 Å². The molecule has 0 saturated carbocycles. The number of hydrazine groups is 1. The fourth-order valence-electron chi connectivity index (χ4n) is 4.00. The summed E-state index contributed by atoms with van der Waals surface area (Å²) in [5, 5.41) is 7.80. The Kier molecular flexibility index (Phi) is 8.31. The zero-order chi connectivity index (χ0) is 28.2. The highest BCUT2D eigenvalue weighted by atomic mass is 32.1. The molecule has 0 bridgehead atoms. The fraction of sp³-hybridized carbons (Fsp3) is 0.269. The minimum Gasteiger partial charge on any atom is -0.378 e. The summed E-state index contributed by atoms with van der Waals surface area (Å²) < 4.78 is 64.9. The Balaban J connectivity index is 1.57. The quantitative estimate of drug-likeness (QED) is 0.102. The minimum atomic E-state index is -4.00. The Morgan fingerprint density at radius 3 is 2.56 bits per heavy atom. The zero-order valence-corrected chi connectivity index (χ0v) is 21.3. The molecule has 2 aromatic heterocycles. The number of rotatable bonds is 7. The van der Waals surface area contributed by atoms with Gasteiger partial charge in [0.2, 0.25) is 0 Å². The van der Waals surface area contributed by atoms with E-state index in [1.165, 1.54) is 17.4 Å². The molecule has 4 rings (SSSR count). The number of hydrogen-bond donors (Lipinski definition) is 3. The second-order valence-electron chi connectivity index (χ2n) is 8.72. The van der Waals surface area contributed by atoms with Gasteiger partial charge in [0.25, 0.3) is 5.91 Å². The van der Waals surface area contributed by atoms with Crippen molar-refractivity contribution in [2.45, 2.75) is 11.5 Å². The zero-order valence-electron chi connectivity index (χ0n) is 20.5. The predicted octanol–water partition coefficient (Wildman–Crippen LogP) is 3.02. The van der Waals surface area contributed by atoms with E-state index in [1.807, 2.05) is 0 Å². The lowest BCUT2D eigenvalue weighted by molar-refractivity contribution is -0.0964. The maximum Gasteiger partial charge on any atom is 0.313 e. The van der Waals surface area contributed by atoms with Crippen molar-refractivity contribution in [1.82, 2.24) is 14.9 Å². The van der Waals surface area contributed by atoms with Crippen LogP contribution in [0.5, 0.6) is 0 Å². The molecule has 1 amide bonds. The first-order valence-electron chi connectivity index (χ1n) is 11.6. The summed E-state index contributed by atoms with van der Waals surface area (Å²) in [6.07, 6.45) is 1.66. The molecule has 1 saturated heterocycles. The van der Waals surface area contributed by atoms with Crippen LogP contribution < -0.4 is 11.6 Å². The molecule has 0 aliphatic carbocycles. The molecule has 13 heteroatoms. The van der Waals surface area contributed by atoms with Gasteiger partial charge in [0, 0.05) is 36.5 Å². The molecule has 1 fully saturated rings. The van der Waals surface area contributed by atoms with Crippen molar-refractivity contribution in [2.75, 3.05) is 32.8 Å². The third kappa shape index (κ3) is 5.94. The smallest absolute Gasteiger partial charge is 0.313 e. The number of halogens is 4. The van der Waals surface area contributed by atoms with Crippen molar-refractivity contribution < 1.29 is 27.1 Å². The number of amides is 1. The monoisotopic (exact) mass is 560 g/mol. The Labute approximate surface area is 225 Å². The van der Waals surface area contributed by atoms with E-state index < -0.39 is 40.9 Å². The van der Waals surface area contributed by atoms with Crippen LogP contribution in [0.2, 0.25) is 0 Å². The number of carbonyl (C=O) groups excluding carboxylic acids is 1. The molecule has 1 aromatic carbocycles. The average Bonchev–Trinajstić information content (AvgIpc) is 3.41. The van der Waals surface area contributed by atoms with Gasteiger partial charge in [-0.1, -0.05) is 17.9 Å². The maximum absolute atomic E-state index is 15.8. The topological polar surface area (TPSA) is 122 Å². The number of ether oxygens (including phenoxy) is 1. The van der Waals surface area contributed by atoms with Gasteiger partial charge < -0.3 is 15.4 Å². The molecule has 8 nitrogen and oxygen atoms in total. The van der Waals surface area contributed by atoms with Crippen LogP contribution in [0.1, 0.15) is 31.4 Å². The number of benzene rings is 1. The first kappa shape index (κ1) is 28.2. The molecular weight excluding hydrogens is 536 g/mol. The van der Waals surface area contributed by atoms with Crippen molar-refractivity contribution in [3.05, 3.63) is 86.9 Å². The lowest BCUT2D eigenvalue weighted by atomic mass is 9.82. The van der Waals surface area contributed by atoms with E-state index >= 15 is 8.78 Å². The number of alkyl halides is 2. The average molecular weight is 561 g/mol. The molecule has 1 aliphatic rings. The molecular formula is C26H24F4N6O2S. The standard InChI is InChI=1S/C26H24F4N6O2S/c27-18-3-6-20(21(28)13-18)25(32,15-36(33)16-31)26(29,30)23-8-2-17(14-34-23)1-4-19-5-7-22(39-19)24(37)35-9-11-38-12-10-35/h2-3,5-8,13-14,16,31H,9-12,15,32-33H2. The summed E-state index contributed by atoms with van der Waals surface area (Å²) in [6.45, 7) is 1.14. The number of morpholine rings is 1. The van der Waals surface area contributed by atoms with Gasteiger partial charge >= 0.3 is 5.92 Å². The molecule has 1 unspecified atom stereocenters. The number of pyridine rings is 1. The summed E-state index contributed by atoms with van der Waals surface area (Å²) >= 11 is 1.21. The van der Waals surface area contributed by atoms with Crippen LogP contribution in [0.25, 0.3) is 0 Å². The van der Waals surface area contributed by atoms with Crippen LogP contribution >= 0.6 is 11.3 Å². The highest BCUT2D eigenvalue weighted by molar-refractivity contribution is 7.14. The van der Waals surface area contributed by atoms with Gasteiger partial charge in [-0.15, -0.1) is 11.3 Å². The van der Waals surface area contributed by atoms with Crippen LogP contribution in [0.4, 0.5) is 17.6 Å². The summed E-state index contributed by atoms with van der Waals surface area (Å²) in [5.41, 5.74) is 2.07. The molecule has 5 N–H and O–H groups in total. The largest absolute Gasteiger partial charge is 0.378 e. The maximum atomic E-state index is 15.8. The SMILES string of the molecule is N=CN(N)CC(N)(c1ccc(F)cc1F)C(F)(F)c1ccc(C#Cc2ccc(C(=O)N3CCOCC3)s2)cn1. The number of nitrogens with two attached hydrogens (primary N) is 2. The first-order valence-corrected chi connectivity index (χ1v) is 12.5. The second kappa shape index (κ2) is 11.5. The molecule has 1 aliphatic heterocycles. The third-order valence-corrected chi connectivity index (χ3v) is 7.09. The van der Waals surface area contributed by atoms with Gasteiger partial charge in [-0.2, -0.15) is 8.78 Å². The number of carbonyl (C=O) groups is 1. The van der Waals surface area contributed by atoms with E-state index in [9.17, 15) is 13.6 Å². The van der Waals surface area contributed by atoms with Crippen LogP contribution in [0.3, 0.4) is 0 Å². The lowest BCUT2D eigenvalue weighted by Gasteiger charge is -2.39. The van der Waals surface area contributed by atoms with Crippen molar-refractivity contribution in [2.24, 2.45) is 11.6 Å². The predicted molar refractivity (Wildman–Crippen MR) is 137 cm³/mol. The number of thiophene rings is 1.